The summed E-state index contributed by atoms with van der Waals surface area (Å²) in [6, 6.07) is 15.3. The van der Waals surface area contributed by atoms with Crippen molar-refractivity contribution in [1.82, 2.24) is 10.2 Å². The number of methoxy groups -OCH3 is 1. The van der Waals surface area contributed by atoms with E-state index in [-0.39, 0.29) is 30.8 Å². The average Bonchev–Trinajstić information content (AvgIpc) is 3.28. The van der Waals surface area contributed by atoms with Gasteiger partial charge in [-0.15, -0.1) is 0 Å². The molecule has 0 radical (unpaired) electrons. The van der Waals surface area contributed by atoms with Crippen LogP contribution in [0.3, 0.4) is 0 Å². The Morgan fingerprint density at radius 3 is 2.68 bits per heavy atom. The zero-order chi connectivity index (χ0) is 21.6. The minimum absolute atomic E-state index is 0.0260. The number of rotatable bonds is 7. The molecule has 1 atom stereocenters. The molecule has 0 spiro atoms. The van der Waals surface area contributed by atoms with Gasteiger partial charge in [-0.3, -0.25) is 19.4 Å². The summed E-state index contributed by atoms with van der Waals surface area (Å²) in [6.07, 6.45) is 2.55. The maximum absolute atomic E-state index is 12.9. The first-order valence-corrected chi connectivity index (χ1v) is 10.8. The Labute approximate surface area is 182 Å². The van der Waals surface area contributed by atoms with Crippen molar-refractivity contribution in [3.63, 3.8) is 0 Å². The first-order chi connectivity index (χ1) is 15.2. The maximum Gasteiger partial charge on any atom is 0.240 e. The van der Waals surface area contributed by atoms with Gasteiger partial charge in [-0.25, -0.2) is 0 Å². The fourth-order valence-corrected chi connectivity index (χ4v) is 4.33. The van der Waals surface area contributed by atoms with Crippen LogP contribution in [-0.2, 0) is 9.59 Å². The highest BCUT2D eigenvalue weighted by Crippen LogP contribution is 2.32. The van der Waals surface area contributed by atoms with Crippen molar-refractivity contribution in [2.75, 3.05) is 44.8 Å². The Morgan fingerprint density at radius 2 is 1.87 bits per heavy atom. The second-order valence-electron chi connectivity index (χ2n) is 7.85. The van der Waals surface area contributed by atoms with Crippen LogP contribution < -0.4 is 19.7 Å². The molecule has 2 heterocycles. The van der Waals surface area contributed by atoms with Gasteiger partial charge in [0.1, 0.15) is 18.0 Å². The molecule has 0 saturated carbocycles. The third-order valence-electron chi connectivity index (χ3n) is 5.90. The standard InChI is InChI=1S/C24H29N3O4/c1-30-21-10-4-2-8-18(21)20(26-13-6-7-14-26)16-25-23(28)17-27-19-9-3-5-11-22(19)31-15-12-24(27)29/h2-5,8-11,20H,6-7,12-17H2,1H3,(H,25,28). The summed E-state index contributed by atoms with van der Waals surface area (Å²) in [6.45, 7) is 2.73. The van der Waals surface area contributed by atoms with Gasteiger partial charge in [0.05, 0.1) is 31.9 Å². The van der Waals surface area contributed by atoms with E-state index in [1.54, 1.807) is 7.11 Å². The first-order valence-electron chi connectivity index (χ1n) is 10.8. The topological polar surface area (TPSA) is 71.1 Å². The molecule has 2 aliphatic heterocycles. The maximum atomic E-state index is 12.9. The average molecular weight is 424 g/mol. The molecule has 2 amide bonds. The molecular formula is C24H29N3O4. The van der Waals surface area contributed by atoms with Crippen molar-refractivity contribution in [1.29, 1.82) is 0 Å². The van der Waals surface area contributed by atoms with Gasteiger partial charge in [0, 0.05) is 12.1 Å². The molecule has 1 fully saturated rings. The molecule has 1 unspecified atom stereocenters. The van der Waals surface area contributed by atoms with E-state index in [2.05, 4.69) is 16.3 Å². The third-order valence-corrected chi connectivity index (χ3v) is 5.90. The molecule has 7 nitrogen and oxygen atoms in total. The minimum Gasteiger partial charge on any atom is -0.496 e. The number of carbonyl (C=O) groups is 2. The third kappa shape index (κ3) is 4.82. The number of nitrogens with zero attached hydrogens (tertiary/aromatic N) is 2. The molecular weight excluding hydrogens is 394 g/mol. The normalized spacial score (nSPS) is 17.5. The number of carbonyl (C=O) groups excluding carboxylic acids is 2. The molecule has 2 aliphatic rings. The molecule has 2 aromatic rings. The second-order valence-corrected chi connectivity index (χ2v) is 7.85. The van der Waals surface area contributed by atoms with Gasteiger partial charge in [-0.05, 0) is 44.1 Å². The van der Waals surface area contributed by atoms with E-state index < -0.39 is 0 Å². The van der Waals surface area contributed by atoms with Crippen LogP contribution in [0.2, 0.25) is 0 Å². The summed E-state index contributed by atoms with van der Waals surface area (Å²) in [4.78, 5) is 29.4. The molecule has 2 aromatic carbocycles. The van der Waals surface area contributed by atoms with Gasteiger partial charge in [0.2, 0.25) is 11.8 Å². The van der Waals surface area contributed by atoms with Crippen molar-refractivity contribution < 1.29 is 19.1 Å². The summed E-state index contributed by atoms with van der Waals surface area (Å²) in [5.74, 6) is 1.15. The molecule has 164 valence electrons. The van der Waals surface area contributed by atoms with Crippen molar-refractivity contribution in [3.8, 4) is 11.5 Å². The van der Waals surface area contributed by atoms with Crippen LogP contribution in [0, 0.1) is 0 Å². The van der Waals surface area contributed by atoms with Crippen LogP contribution in [0.15, 0.2) is 48.5 Å². The zero-order valence-electron chi connectivity index (χ0n) is 17.9. The number of benzene rings is 2. The van der Waals surface area contributed by atoms with E-state index >= 15 is 0 Å². The van der Waals surface area contributed by atoms with Crippen LogP contribution in [0.1, 0.15) is 30.9 Å². The highest BCUT2D eigenvalue weighted by atomic mass is 16.5. The zero-order valence-corrected chi connectivity index (χ0v) is 17.9. The van der Waals surface area contributed by atoms with E-state index in [0.29, 0.717) is 24.6 Å². The van der Waals surface area contributed by atoms with Gasteiger partial charge in [-0.1, -0.05) is 30.3 Å². The Morgan fingerprint density at radius 1 is 1.13 bits per heavy atom. The van der Waals surface area contributed by atoms with Gasteiger partial charge in [-0.2, -0.15) is 0 Å². The summed E-state index contributed by atoms with van der Waals surface area (Å²) >= 11 is 0. The number of hydrogen-bond donors (Lipinski definition) is 1. The van der Waals surface area contributed by atoms with E-state index in [0.717, 1.165) is 37.2 Å². The highest BCUT2D eigenvalue weighted by molar-refractivity contribution is 6.00. The molecule has 4 rings (SSSR count). The minimum atomic E-state index is -0.191. The fourth-order valence-electron chi connectivity index (χ4n) is 4.33. The summed E-state index contributed by atoms with van der Waals surface area (Å²) in [7, 11) is 1.67. The van der Waals surface area contributed by atoms with Crippen LogP contribution >= 0.6 is 0 Å². The molecule has 0 aliphatic carbocycles. The predicted octanol–water partition coefficient (Wildman–Crippen LogP) is 2.76. The quantitative estimate of drug-likeness (QED) is 0.742. The lowest BCUT2D eigenvalue weighted by Gasteiger charge is -2.30. The van der Waals surface area contributed by atoms with Crippen LogP contribution in [0.5, 0.6) is 11.5 Å². The van der Waals surface area contributed by atoms with Crippen LogP contribution in [0.25, 0.3) is 0 Å². The van der Waals surface area contributed by atoms with Crippen molar-refractivity contribution in [2.24, 2.45) is 0 Å². The van der Waals surface area contributed by atoms with Gasteiger partial charge < -0.3 is 14.8 Å². The molecule has 7 heteroatoms. The molecule has 1 N–H and O–H groups in total. The van der Waals surface area contributed by atoms with Gasteiger partial charge in [0.15, 0.2) is 0 Å². The lowest BCUT2D eigenvalue weighted by atomic mass is 10.0. The van der Waals surface area contributed by atoms with E-state index in [1.165, 1.54) is 4.90 Å². The molecule has 0 aromatic heterocycles. The monoisotopic (exact) mass is 423 g/mol. The number of anilines is 1. The fraction of sp³-hybridized carbons (Fsp3) is 0.417. The first kappa shape index (κ1) is 21.2. The Kier molecular flexibility index (Phi) is 6.72. The molecule has 0 bridgehead atoms. The largest absolute Gasteiger partial charge is 0.496 e. The van der Waals surface area contributed by atoms with Crippen molar-refractivity contribution >= 4 is 17.5 Å². The number of likely N-dealkylation sites (tertiary alicyclic amines) is 1. The highest BCUT2D eigenvalue weighted by Gasteiger charge is 2.28. The van der Waals surface area contributed by atoms with Gasteiger partial charge >= 0.3 is 0 Å². The van der Waals surface area contributed by atoms with E-state index in [1.807, 2.05) is 42.5 Å². The molecule has 1 saturated heterocycles. The SMILES string of the molecule is COc1ccccc1C(CNC(=O)CN1C(=O)CCOc2ccccc21)N1CCCC1. The summed E-state index contributed by atoms with van der Waals surface area (Å²) in [5, 5.41) is 3.06. The summed E-state index contributed by atoms with van der Waals surface area (Å²) in [5.41, 5.74) is 1.71. The van der Waals surface area contributed by atoms with E-state index in [9.17, 15) is 9.59 Å². The van der Waals surface area contributed by atoms with Crippen molar-refractivity contribution in [3.05, 3.63) is 54.1 Å². The lowest BCUT2D eigenvalue weighted by Crippen LogP contribution is -2.43. The molecule has 31 heavy (non-hydrogen) atoms. The number of nitrogens with one attached hydrogen (secondary N) is 1. The lowest BCUT2D eigenvalue weighted by molar-refractivity contribution is -0.124. The smallest absolute Gasteiger partial charge is 0.240 e. The van der Waals surface area contributed by atoms with Gasteiger partial charge in [0.25, 0.3) is 0 Å². The number of para-hydroxylation sites is 3. The van der Waals surface area contributed by atoms with E-state index in [4.69, 9.17) is 9.47 Å². The van der Waals surface area contributed by atoms with Crippen molar-refractivity contribution in [2.45, 2.75) is 25.3 Å². The second kappa shape index (κ2) is 9.83. The summed E-state index contributed by atoms with van der Waals surface area (Å²) < 4.78 is 11.2. The van der Waals surface area contributed by atoms with Crippen LogP contribution in [-0.4, -0.2) is 56.6 Å². The Hall–Kier alpha value is -3.06. The Bertz CT molecular complexity index is 927. The Balaban J connectivity index is 1.47. The van der Waals surface area contributed by atoms with Crippen LogP contribution in [0.4, 0.5) is 5.69 Å². The number of amides is 2. The predicted molar refractivity (Wildman–Crippen MR) is 118 cm³/mol. The number of ether oxygens (including phenoxy) is 2. The number of fused-ring (bicyclic) bond motifs is 1. The number of hydrogen-bond acceptors (Lipinski definition) is 5.